The maximum atomic E-state index is 12.2. The predicted molar refractivity (Wildman–Crippen MR) is 78.1 cm³/mol. The Kier molecular flexibility index (Phi) is 5.17. The van der Waals surface area contributed by atoms with Crippen molar-refractivity contribution in [3.05, 3.63) is 36.2 Å². The summed E-state index contributed by atoms with van der Waals surface area (Å²) in [5.74, 6) is 0.734. The second kappa shape index (κ2) is 7.09. The fourth-order valence-corrected chi connectivity index (χ4v) is 2.44. The van der Waals surface area contributed by atoms with Crippen molar-refractivity contribution in [3.8, 4) is 5.75 Å². The predicted octanol–water partition coefficient (Wildman–Crippen LogP) is 3.02. The second-order valence-electron chi connectivity index (χ2n) is 4.28. The highest BCUT2D eigenvalue weighted by Gasteiger charge is 2.13. The van der Waals surface area contributed by atoms with Gasteiger partial charge in [-0.2, -0.15) is 0 Å². The number of nitrogens with zero attached hydrogens (tertiary/aromatic N) is 3. The van der Waals surface area contributed by atoms with Crippen LogP contribution in [0, 0.1) is 0 Å². The molecule has 2 aromatic rings. The molecule has 0 saturated carbocycles. The van der Waals surface area contributed by atoms with Gasteiger partial charge in [0.25, 0.3) is 0 Å². The van der Waals surface area contributed by atoms with E-state index in [0.29, 0.717) is 10.7 Å². The van der Waals surface area contributed by atoms with E-state index < -0.39 is 0 Å². The van der Waals surface area contributed by atoms with Crippen LogP contribution in [-0.4, -0.2) is 27.0 Å². The summed E-state index contributed by atoms with van der Waals surface area (Å²) in [5, 5.41) is 8.46. The summed E-state index contributed by atoms with van der Waals surface area (Å²) in [7, 11) is 1.60. The van der Waals surface area contributed by atoms with Crippen molar-refractivity contribution in [3.63, 3.8) is 0 Å². The number of thioether (sulfide) groups is 1. The fourth-order valence-electron chi connectivity index (χ4n) is 1.67. The van der Waals surface area contributed by atoms with Crippen LogP contribution in [0.25, 0.3) is 0 Å². The summed E-state index contributed by atoms with van der Waals surface area (Å²) in [6.45, 7) is 2.96. The molecule has 0 radical (unpaired) electrons. The molecular formula is C14H17N3O2S. The molecule has 20 heavy (non-hydrogen) atoms. The molecule has 0 aliphatic heterocycles. The number of aryl methyl sites for hydroxylation is 1. The SMILES string of the molecule is CCCCn1cnnc1SC(=O)c1ccc(OC)cc1. The number of aromatic nitrogens is 3. The molecule has 0 fully saturated rings. The van der Waals surface area contributed by atoms with Gasteiger partial charge in [0.05, 0.1) is 7.11 Å². The zero-order valence-corrected chi connectivity index (χ0v) is 12.4. The number of benzene rings is 1. The van der Waals surface area contributed by atoms with Crippen molar-refractivity contribution in [1.82, 2.24) is 14.8 Å². The Morgan fingerprint density at radius 3 is 2.75 bits per heavy atom. The first-order chi connectivity index (χ1) is 9.74. The van der Waals surface area contributed by atoms with Gasteiger partial charge in [-0.15, -0.1) is 10.2 Å². The molecule has 0 unspecified atom stereocenters. The van der Waals surface area contributed by atoms with Crippen LogP contribution in [0.15, 0.2) is 35.7 Å². The van der Waals surface area contributed by atoms with Crippen molar-refractivity contribution in [2.75, 3.05) is 7.11 Å². The van der Waals surface area contributed by atoms with Crippen molar-refractivity contribution in [2.45, 2.75) is 31.5 Å². The smallest absolute Gasteiger partial charge is 0.227 e. The molecule has 0 saturated heterocycles. The largest absolute Gasteiger partial charge is 0.497 e. The minimum absolute atomic E-state index is 0.0431. The molecule has 0 amide bonds. The molecule has 1 heterocycles. The standard InChI is InChI=1S/C14H17N3O2S/c1-3-4-9-17-10-15-16-14(17)20-13(18)11-5-7-12(19-2)8-6-11/h5-8,10H,3-4,9H2,1-2H3. The van der Waals surface area contributed by atoms with Gasteiger partial charge in [-0.25, -0.2) is 0 Å². The lowest BCUT2D eigenvalue weighted by Crippen LogP contribution is -2.01. The maximum absolute atomic E-state index is 12.2. The van der Waals surface area contributed by atoms with Crippen LogP contribution in [-0.2, 0) is 6.54 Å². The molecule has 106 valence electrons. The average Bonchev–Trinajstić information content (AvgIpc) is 2.92. The summed E-state index contributed by atoms with van der Waals surface area (Å²) in [6.07, 6.45) is 3.80. The Morgan fingerprint density at radius 1 is 1.35 bits per heavy atom. The quantitative estimate of drug-likeness (QED) is 0.766. The monoisotopic (exact) mass is 291 g/mol. The van der Waals surface area contributed by atoms with Crippen LogP contribution in [0.5, 0.6) is 5.75 Å². The zero-order valence-electron chi connectivity index (χ0n) is 11.6. The minimum Gasteiger partial charge on any atom is -0.497 e. The third-order valence-electron chi connectivity index (χ3n) is 2.84. The van der Waals surface area contributed by atoms with Gasteiger partial charge in [-0.3, -0.25) is 4.79 Å². The molecule has 5 nitrogen and oxygen atoms in total. The molecule has 0 aliphatic rings. The molecule has 0 aliphatic carbocycles. The van der Waals surface area contributed by atoms with E-state index in [1.54, 1.807) is 37.7 Å². The number of rotatable bonds is 6. The van der Waals surface area contributed by atoms with Crippen LogP contribution in [0.4, 0.5) is 0 Å². The lowest BCUT2D eigenvalue weighted by Gasteiger charge is -2.05. The van der Waals surface area contributed by atoms with Crippen LogP contribution in [0.3, 0.4) is 0 Å². The van der Waals surface area contributed by atoms with Crippen molar-refractivity contribution < 1.29 is 9.53 Å². The molecular weight excluding hydrogens is 274 g/mol. The van der Waals surface area contributed by atoms with E-state index in [4.69, 9.17) is 4.74 Å². The number of unbranched alkanes of at least 4 members (excludes halogenated alkanes) is 1. The van der Waals surface area contributed by atoms with Gasteiger partial charge in [0.15, 0.2) is 5.16 Å². The summed E-state index contributed by atoms with van der Waals surface area (Å²) >= 11 is 1.10. The summed E-state index contributed by atoms with van der Waals surface area (Å²) in [6, 6.07) is 7.05. The highest BCUT2D eigenvalue weighted by molar-refractivity contribution is 8.14. The lowest BCUT2D eigenvalue weighted by atomic mass is 10.2. The number of ether oxygens (including phenoxy) is 1. The Hall–Kier alpha value is -1.82. The Morgan fingerprint density at radius 2 is 2.10 bits per heavy atom. The number of methoxy groups -OCH3 is 1. The van der Waals surface area contributed by atoms with Crippen LogP contribution >= 0.6 is 11.8 Å². The third-order valence-corrected chi connectivity index (χ3v) is 3.76. The summed E-state index contributed by atoms with van der Waals surface area (Å²) < 4.78 is 6.99. The normalized spacial score (nSPS) is 10.5. The summed E-state index contributed by atoms with van der Waals surface area (Å²) in [5.41, 5.74) is 0.626. The molecule has 0 atom stereocenters. The fraction of sp³-hybridized carbons (Fsp3) is 0.357. The van der Waals surface area contributed by atoms with Crippen LogP contribution in [0.2, 0.25) is 0 Å². The Labute approximate surface area is 122 Å². The zero-order chi connectivity index (χ0) is 14.4. The van der Waals surface area contributed by atoms with E-state index in [1.807, 2.05) is 4.57 Å². The van der Waals surface area contributed by atoms with Gasteiger partial charge in [0.2, 0.25) is 5.12 Å². The van der Waals surface area contributed by atoms with E-state index in [-0.39, 0.29) is 5.12 Å². The van der Waals surface area contributed by atoms with Gasteiger partial charge < -0.3 is 9.30 Å². The van der Waals surface area contributed by atoms with Gasteiger partial charge in [-0.1, -0.05) is 13.3 Å². The molecule has 0 spiro atoms. The van der Waals surface area contributed by atoms with E-state index in [2.05, 4.69) is 17.1 Å². The van der Waals surface area contributed by atoms with Gasteiger partial charge in [0, 0.05) is 12.1 Å². The minimum atomic E-state index is -0.0431. The van der Waals surface area contributed by atoms with Crippen LogP contribution in [0.1, 0.15) is 30.1 Å². The second-order valence-corrected chi connectivity index (χ2v) is 5.22. The van der Waals surface area contributed by atoms with Crippen molar-refractivity contribution in [2.24, 2.45) is 0 Å². The molecule has 0 N–H and O–H groups in total. The van der Waals surface area contributed by atoms with E-state index in [1.165, 1.54) is 0 Å². The molecule has 1 aromatic heterocycles. The number of hydrogen-bond donors (Lipinski definition) is 0. The van der Waals surface area contributed by atoms with E-state index in [0.717, 1.165) is 36.9 Å². The van der Waals surface area contributed by atoms with Crippen molar-refractivity contribution in [1.29, 1.82) is 0 Å². The van der Waals surface area contributed by atoms with Gasteiger partial charge in [-0.05, 0) is 42.4 Å². The van der Waals surface area contributed by atoms with Crippen LogP contribution < -0.4 is 4.74 Å². The maximum Gasteiger partial charge on any atom is 0.227 e. The van der Waals surface area contributed by atoms with Gasteiger partial charge in [0.1, 0.15) is 12.1 Å². The first-order valence-corrected chi connectivity index (χ1v) is 7.30. The molecule has 2 rings (SSSR count). The Balaban J connectivity index is 2.05. The first kappa shape index (κ1) is 14.6. The molecule has 0 bridgehead atoms. The molecule has 6 heteroatoms. The lowest BCUT2D eigenvalue weighted by molar-refractivity contribution is 0.108. The highest BCUT2D eigenvalue weighted by atomic mass is 32.2. The van der Waals surface area contributed by atoms with Crippen molar-refractivity contribution >= 4 is 16.9 Å². The average molecular weight is 291 g/mol. The topological polar surface area (TPSA) is 57.0 Å². The first-order valence-electron chi connectivity index (χ1n) is 6.48. The number of carbonyl (C=O) groups excluding carboxylic acids is 1. The van der Waals surface area contributed by atoms with E-state index in [9.17, 15) is 4.79 Å². The highest BCUT2D eigenvalue weighted by Crippen LogP contribution is 2.22. The van der Waals surface area contributed by atoms with Gasteiger partial charge >= 0.3 is 0 Å². The number of hydrogen-bond acceptors (Lipinski definition) is 5. The van der Waals surface area contributed by atoms with E-state index >= 15 is 0 Å². The molecule has 1 aromatic carbocycles. The third kappa shape index (κ3) is 3.60. The summed E-state index contributed by atoms with van der Waals surface area (Å²) in [4.78, 5) is 12.2. The number of carbonyl (C=O) groups is 1. The Bertz CT molecular complexity index is 566.